The molecule has 2 nitrogen and oxygen atoms in total. The Morgan fingerprint density at radius 1 is 1.44 bits per heavy atom. The van der Waals surface area contributed by atoms with Crippen LogP contribution in [0.2, 0.25) is 0 Å². The first kappa shape index (κ1) is 13.7. The summed E-state index contributed by atoms with van der Waals surface area (Å²) in [7, 11) is 2.03. The summed E-state index contributed by atoms with van der Waals surface area (Å²) in [5, 5.41) is 5.52. The summed E-state index contributed by atoms with van der Waals surface area (Å²) in [5.74, 6) is 0. The van der Waals surface area contributed by atoms with Crippen molar-refractivity contribution in [2.24, 2.45) is 0 Å². The van der Waals surface area contributed by atoms with Crippen molar-refractivity contribution in [3.05, 3.63) is 22.4 Å². The number of thiophene rings is 1. The van der Waals surface area contributed by atoms with E-state index in [-0.39, 0.29) is 0 Å². The van der Waals surface area contributed by atoms with Crippen molar-refractivity contribution < 1.29 is 4.74 Å². The number of hydrogen-bond donors (Lipinski definition) is 1. The molecule has 0 aromatic carbocycles. The summed E-state index contributed by atoms with van der Waals surface area (Å²) in [6.07, 6.45) is 3.71. The average Bonchev–Trinajstić information content (AvgIpc) is 2.81. The Kier molecular flexibility index (Phi) is 6.69. The lowest BCUT2D eigenvalue weighted by Gasteiger charge is -2.25. The van der Waals surface area contributed by atoms with E-state index in [2.05, 4.69) is 36.7 Å². The van der Waals surface area contributed by atoms with Crippen LogP contribution in [-0.4, -0.2) is 25.8 Å². The highest BCUT2D eigenvalue weighted by Crippen LogP contribution is 2.15. The lowest BCUT2D eigenvalue weighted by atomic mass is 10.0. The summed E-state index contributed by atoms with van der Waals surface area (Å²) >= 11 is 1.84. The Hall–Kier alpha value is -0.380. The van der Waals surface area contributed by atoms with Crippen molar-refractivity contribution in [2.75, 3.05) is 13.7 Å². The fourth-order valence-electron chi connectivity index (χ4n) is 2.00. The smallest absolute Gasteiger partial charge is 0.0725 e. The van der Waals surface area contributed by atoms with Crippen molar-refractivity contribution in [1.29, 1.82) is 0 Å². The Bertz CT molecular complexity index is 261. The van der Waals surface area contributed by atoms with Crippen LogP contribution < -0.4 is 5.32 Å². The van der Waals surface area contributed by atoms with Gasteiger partial charge in [0, 0.05) is 17.5 Å². The fraction of sp³-hybridized carbons (Fsp3) is 0.692. The minimum absolute atomic E-state index is 0.343. The molecular formula is C13H23NOS. The van der Waals surface area contributed by atoms with E-state index in [0.29, 0.717) is 12.1 Å². The summed E-state index contributed by atoms with van der Waals surface area (Å²) in [4.78, 5) is 1.46. The van der Waals surface area contributed by atoms with E-state index in [9.17, 15) is 0 Å². The zero-order valence-electron chi connectivity index (χ0n) is 10.5. The molecule has 1 heterocycles. The van der Waals surface area contributed by atoms with Gasteiger partial charge >= 0.3 is 0 Å². The van der Waals surface area contributed by atoms with Gasteiger partial charge in [0.25, 0.3) is 0 Å². The van der Waals surface area contributed by atoms with Gasteiger partial charge in [-0.15, -0.1) is 11.3 Å². The second-order valence-electron chi connectivity index (χ2n) is 3.92. The molecule has 0 bridgehead atoms. The molecule has 1 aromatic rings. The van der Waals surface area contributed by atoms with Crippen molar-refractivity contribution in [1.82, 2.24) is 5.32 Å². The van der Waals surface area contributed by atoms with Gasteiger partial charge in [-0.2, -0.15) is 0 Å². The standard InChI is InChI=1S/C13H23NOS/c1-4-13(15-5-2)12(14-3)9-8-11-7-6-10-16-11/h6-7,10,12-14H,4-5,8-9H2,1-3H3. The summed E-state index contributed by atoms with van der Waals surface area (Å²) in [6, 6.07) is 4.79. The molecular weight excluding hydrogens is 218 g/mol. The summed E-state index contributed by atoms with van der Waals surface area (Å²) < 4.78 is 5.75. The SMILES string of the molecule is CCOC(CC)C(CCc1cccs1)NC. The van der Waals surface area contributed by atoms with Gasteiger partial charge in [-0.3, -0.25) is 0 Å². The topological polar surface area (TPSA) is 21.3 Å². The molecule has 0 aliphatic heterocycles. The number of nitrogens with one attached hydrogen (secondary N) is 1. The third-order valence-corrected chi connectivity index (χ3v) is 3.82. The molecule has 0 amide bonds. The number of ether oxygens (including phenoxy) is 1. The van der Waals surface area contributed by atoms with Crippen LogP contribution in [0.15, 0.2) is 17.5 Å². The van der Waals surface area contributed by atoms with E-state index >= 15 is 0 Å². The maximum absolute atomic E-state index is 5.75. The predicted octanol–water partition coefficient (Wildman–Crippen LogP) is 3.08. The van der Waals surface area contributed by atoms with Crippen LogP contribution >= 0.6 is 11.3 Å². The van der Waals surface area contributed by atoms with Crippen LogP contribution in [0, 0.1) is 0 Å². The monoisotopic (exact) mass is 241 g/mol. The quantitative estimate of drug-likeness (QED) is 0.755. The van der Waals surface area contributed by atoms with Gasteiger partial charge in [-0.1, -0.05) is 13.0 Å². The van der Waals surface area contributed by atoms with Gasteiger partial charge in [0.15, 0.2) is 0 Å². The Balaban J connectivity index is 2.40. The largest absolute Gasteiger partial charge is 0.377 e. The molecule has 0 aliphatic rings. The van der Waals surface area contributed by atoms with Gasteiger partial charge in [0.05, 0.1) is 6.10 Å². The molecule has 2 unspecified atom stereocenters. The van der Waals surface area contributed by atoms with Gasteiger partial charge in [0.2, 0.25) is 0 Å². The molecule has 92 valence electrons. The van der Waals surface area contributed by atoms with Crippen LogP contribution in [0.25, 0.3) is 0 Å². The highest BCUT2D eigenvalue weighted by Gasteiger charge is 2.18. The number of aryl methyl sites for hydroxylation is 1. The van der Waals surface area contributed by atoms with Crippen molar-refractivity contribution in [2.45, 2.75) is 45.3 Å². The van der Waals surface area contributed by atoms with Crippen LogP contribution in [-0.2, 0) is 11.2 Å². The molecule has 3 heteroatoms. The minimum Gasteiger partial charge on any atom is -0.377 e. The van der Waals surface area contributed by atoms with E-state index in [0.717, 1.165) is 25.9 Å². The van der Waals surface area contributed by atoms with E-state index in [1.807, 2.05) is 18.4 Å². The van der Waals surface area contributed by atoms with Crippen LogP contribution in [0.5, 0.6) is 0 Å². The molecule has 1 aromatic heterocycles. The maximum Gasteiger partial charge on any atom is 0.0725 e. The van der Waals surface area contributed by atoms with Gasteiger partial charge < -0.3 is 10.1 Å². The lowest BCUT2D eigenvalue weighted by molar-refractivity contribution is 0.0318. The molecule has 0 aliphatic carbocycles. The molecule has 16 heavy (non-hydrogen) atoms. The zero-order chi connectivity index (χ0) is 11.8. The first-order valence-electron chi connectivity index (χ1n) is 6.13. The van der Waals surface area contributed by atoms with E-state index in [1.54, 1.807) is 0 Å². The number of rotatable bonds is 8. The molecule has 0 radical (unpaired) electrons. The first-order chi connectivity index (χ1) is 7.81. The van der Waals surface area contributed by atoms with Crippen molar-refractivity contribution in [3.8, 4) is 0 Å². The number of hydrogen-bond acceptors (Lipinski definition) is 3. The highest BCUT2D eigenvalue weighted by atomic mass is 32.1. The maximum atomic E-state index is 5.75. The van der Waals surface area contributed by atoms with Crippen molar-refractivity contribution in [3.63, 3.8) is 0 Å². The van der Waals surface area contributed by atoms with Gasteiger partial charge in [-0.05, 0) is 44.7 Å². The second kappa shape index (κ2) is 7.82. The molecule has 0 fully saturated rings. The fourth-order valence-corrected chi connectivity index (χ4v) is 2.73. The molecule has 0 saturated carbocycles. The molecule has 0 spiro atoms. The zero-order valence-corrected chi connectivity index (χ0v) is 11.3. The van der Waals surface area contributed by atoms with Crippen LogP contribution in [0.3, 0.4) is 0 Å². The van der Waals surface area contributed by atoms with Crippen molar-refractivity contribution >= 4 is 11.3 Å². The molecule has 1 N–H and O–H groups in total. The highest BCUT2D eigenvalue weighted by molar-refractivity contribution is 7.09. The third-order valence-electron chi connectivity index (χ3n) is 2.88. The van der Waals surface area contributed by atoms with Gasteiger partial charge in [0.1, 0.15) is 0 Å². The Morgan fingerprint density at radius 3 is 2.75 bits per heavy atom. The summed E-state index contributed by atoms with van der Waals surface area (Å²) in [5.41, 5.74) is 0. The third kappa shape index (κ3) is 4.24. The van der Waals surface area contributed by atoms with E-state index in [1.165, 1.54) is 4.88 Å². The first-order valence-corrected chi connectivity index (χ1v) is 7.01. The average molecular weight is 241 g/mol. The predicted molar refractivity (Wildman–Crippen MR) is 71.2 cm³/mol. The minimum atomic E-state index is 0.343. The van der Waals surface area contributed by atoms with E-state index < -0.39 is 0 Å². The molecule has 2 atom stereocenters. The van der Waals surface area contributed by atoms with E-state index in [4.69, 9.17) is 4.74 Å². The molecule has 1 rings (SSSR count). The molecule has 0 saturated heterocycles. The number of likely N-dealkylation sites (N-methyl/N-ethyl adjacent to an activating group) is 1. The Morgan fingerprint density at radius 2 is 2.25 bits per heavy atom. The summed E-state index contributed by atoms with van der Waals surface area (Å²) in [6.45, 7) is 5.06. The van der Waals surface area contributed by atoms with Gasteiger partial charge in [-0.25, -0.2) is 0 Å². The lowest BCUT2D eigenvalue weighted by Crippen LogP contribution is -2.39. The van der Waals surface area contributed by atoms with Crippen LogP contribution in [0.4, 0.5) is 0 Å². The van der Waals surface area contributed by atoms with Crippen LogP contribution in [0.1, 0.15) is 31.6 Å². The Labute approximate surface area is 103 Å². The normalized spacial score (nSPS) is 14.9. The second-order valence-corrected chi connectivity index (χ2v) is 4.95.